The Balaban J connectivity index is 2.53. The van der Waals surface area contributed by atoms with Gasteiger partial charge in [-0.15, -0.1) is 0 Å². The highest BCUT2D eigenvalue weighted by Gasteiger charge is 2.33. The predicted molar refractivity (Wildman–Crippen MR) is 70.8 cm³/mol. The molecule has 1 aliphatic rings. The molecule has 0 aromatic heterocycles. The number of rotatable bonds is 1. The second-order valence-electron chi connectivity index (χ2n) is 4.93. The van der Waals surface area contributed by atoms with Gasteiger partial charge in [-0.05, 0) is 18.2 Å². The Morgan fingerprint density at radius 3 is 2.48 bits per heavy atom. The largest absolute Gasteiger partial charge is 0.416 e. The first kappa shape index (κ1) is 15.1. The summed E-state index contributed by atoms with van der Waals surface area (Å²) in [4.78, 5) is 25.7. The van der Waals surface area contributed by atoms with Crippen LogP contribution in [0.4, 0.5) is 18.9 Å². The third-order valence-electron chi connectivity index (χ3n) is 2.92. The molecule has 2 rings (SSSR count). The van der Waals surface area contributed by atoms with Gasteiger partial charge in [-0.2, -0.15) is 13.2 Å². The van der Waals surface area contributed by atoms with Gasteiger partial charge in [-0.3, -0.25) is 9.59 Å². The lowest BCUT2D eigenvalue weighted by Gasteiger charge is -2.11. The fourth-order valence-electron chi connectivity index (χ4n) is 2.06. The standard InChI is InChI=1S/C14H13F3N2O2/c1-19(2)7-8-5-12(20)18-11-6-9(14(15,16)17)3-4-10(11)13(8)21/h3-4,6-7H,5H2,1-2H3,(H,18,20). The van der Waals surface area contributed by atoms with Crippen LogP contribution in [0.25, 0.3) is 0 Å². The lowest BCUT2D eigenvalue weighted by atomic mass is 10.00. The van der Waals surface area contributed by atoms with Crippen molar-refractivity contribution in [2.24, 2.45) is 0 Å². The van der Waals surface area contributed by atoms with Gasteiger partial charge in [0.15, 0.2) is 5.78 Å². The summed E-state index contributed by atoms with van der Waals surface area (Å²) in [6, 6.07) is 2.71. The van der Waals surface area contributed by atoms with Crippen molar-refractivity contribution in [1.82, 2.24) is 4.90 Å². The first-order valence-electron chi connectivity index (χ1n) is 6.11. The fourth-order valence-corrected chi connectivity index (χ4v) is 2.06. The summed E-state index contributed by atoms with van der Waals surface area (Å²) in [5.74, 6) is -0.972. The number of ketones is 1. The highest BCUT2D eigenvalue weighted by Crippen LogP contribution is 2.34. The van der Waals surface area contributed by atoms with Gasteiger partial charge in [0.2, 0.25) is 5.91 Å². The minimum absolute atomic E-state index is 0.0574. The summed E-state index contributed by atoms with van der Waals surface area (Å²) in [6.07, 6.45) is -3.21. The molecule has 1 N–H and O–H groups in total. The maximum absolute atomic E-state index is 12.7. The molecule has 0 spiro atoms. The number of alkyl halides is 3. The summed E-state index contributed by atoms with van der Waals surface area (Å²) < 4.78 is 38.1. The summed E-state index contributed by atoms with van der Waals surface area (Å²) in [5.41, 5.74) is -0.727. The third kappa shape index (κ3) is 3.24. The number of carbonyl (C=O) groups is 2. The molecule has 1 aromatic rings. The smallest absolute Gasteiger partial charge is 0.383 e. The number of fused-ring (bicyclic) bond motifs is 1. The van der Waals surface area contributed by atoms with E-state index >= 15 is 0 Å². The van der Waals surface area contributed by atoms with Gasteiger partial charge >= 0.3 is 6.18 Å². The van der Waals surface area contributed by atoms with Crippen LogP contribution in [0.1, 0.15) is 22.3 Å². The van der Waals surface area contributed by atoms with Crippen LogP contribution in [0.2, 0.25) is 0 Å². The van der Waals surface area contributed by atoms with Gasteiger partial charge in [-0.25, -0.2) is 0 Å². The zero-order valence-corrected chi connectivity index (χ0v) is 11.4. The van der Waals surface area contributed by atoms with Crippen LogP contribution in [-0.4, -0.2) is 30.7 Å². The van der Waals surface area contributed by atoms with Crippen LogP contribution in [0.5, 0.6) is 0 Å². The number of amides is 1. The third-order valence-corrected chi connectivity index (χ3v) is 2.92. The van der Waals surface area contributed by atoms with Crippen molar-refractivity contribution in [2.45, 2.75) is 12.6 Å². The lowest BCUT2D eigenvalue weighted by Crippen LogP contribution is -2.12. The molecule has 0 saturated carbocycles. The number of benzene rings is 1. The second kappa shape index (κ2) is 5.23. The Labute approximate surface area is 119 Å². The maximum atomic E-state index is 12.7. The molecule has 0 fully saturated rings. The zero-order chi connectivity index (χ0) is 15.8. The molecule has 1 heterocycles. The zero-order valence-electron chi connectivity index (χ0n) is 11.4. The minimum atomic E-state index is -4.53. The van der Waals surface area contributed by atoms with Gasteiger partial charge in [0.05, 0.1) is 17.7 Å². The van der Waals surface area contributed by atoms with Crippen molar-refractivity contribution in [3.63, 3.8) is 0 Å². The molecule has 1 amide bonds. The molecular weight excluding hydrogens is 285 g/mol. The fraction of sp³-hybridized carbons (Fsp3) is 0.286. The average Bonchev–Trinajstić information content (AvgIpc) is 2.45. The molecule has 0 radical (unpaired) electrons. The number of carbonyl (C=O) groups excluding carboxylic acids is 2. The van der Waals surface area contributed by atoms with E-state index in [1.54, 1.807) is 19.0 Å². The number of Topliss-reactive ketones (excluding diaryl/α,β-unsaturated/α-hetero) is 1. The van der Waals surface area contributed by atoms with E-state index in [0.29, 0.717) is 0 Å². The lowest BCUT2D eigenvalue weighted by molar-refractivity contribution is -0.137. The quantitative estimate of drug-likeness (QED) is 0.811. The molecular formula is C14H13F3N2O2. The van der Waals surface area contributed by atoms with Gasteiger partial charge in [0, 0.05) is 31.4 Å². The topological polar surface area (TPSA) is 49.4 Å². The number of halogens is 3. The normalized spacial score (nSPS) is 17.3. The predicted octanol–water partition coefficient (Wildman–Crippen LogP) is 2.68. The molecule has 7 heteroatoms. The highest BCUT2D eigenvalue weighted by molar-refractivity contribution is 6.18. The Kier molecular flexibility index (Phi) is 3.76. The van der Waals surface area contributed by atoms with E-state index in [1.165, 1.54) is 6.20 Å². The summed E-state index contributed by atoms with van der Waals surface area (Å²) in [7, 11) is 3.38. The van der Waals surface area contributed by atoms with E-state index in [2.05, 4.69) is 5.32 Å². The molecule has 0 aliphatic carbocycles. The van der Waals surface area contributed by atoms with Gasteiger partial charge < -0.3 is 10.2 Å². The van der Waals surface area contributed by atoms with Crippen molar-refractivity contribution in [3.05, 3.63) is 41.1 Å². The van der Waals surface area contributed by atoms with Gasteiger partial charge in [0.1, 0.15) is 0 Å². The number of nitrogens with zero attached hydrogens (tertiary/aromatic N) is 1. The van der Waals surface area contributed by atoms with Crippen LogP contribution in [0, 0.1) is 0 Å². The molecule has 0 saturated heterocycles. The number of anilines is 1. The molecule has 4 nitrogen and oxygen atoms in total. The number of hydrogen-bond donors (Lipinski definition) is 1. The van der Waals surface area contributed by atoms with Crippen LogP contribution >= 0.6 is 0 Å². The molecule has 1 aromatic carbocycles. The van der Waals surface area contributed by atoms with Crippen LogP contribution < -0.4 is 5.32 Å². The summed E-state index contributed by atoms with van der Waals surface area (Å²) in [5, 5.41) is 2.35. The minimum Gasteiger partial charge on any atom is -0.383 e. The van der Waals surface area contributed by atoms with E-state index < -0.39 is 23.4 Å². The van der Waals surface area contributed by atoms with E-state index in [4.69, 9.17) is 0 Å². The summed E-state index contributed by atoms with van der Waals surface area (Å²) >= 11 is 0. The first-order valence-corrected chi connectivity index (χ1v) is 6.11. The SMILES string of the molecule is CN(C)C=C1CC(=O)Nc2cc(C(F)(F)F)ccc2C1=O. The number of nitrogens with one attached hydrogen (secondary N) is 1. The van der Waals surface area contributed by atoms with Crippen molar-refractivity contribution < 1.29 is 22.8 Å². The van der Waals surface area contributed by atoms with Crippen molar-refractivity contribution in [1.29, 1.82) is 0 Å². The monoisotopic (exact) mass is 298 g/mol. The number of hydrogen-bond acceptors (Lipinski definition) is 3. The molecule has 112 valence electrons. The highest BCUT2D eigenvalue weighted by atomic mass is 19.4. The maximum Gasteiger partial charge on any atom is 0.416 e. The van der Waals surface area contributed by atoms with Crippen molar-refractivity contribution >= 4 is 17.4 Å². The van der Waals surface area contributed by atoms with E-state index in [9.17, 15) is 22.8 Å². The van der Waals surface area contributed by atoms with Crippen LogP contribution in [-0.2, 0) is 11.0 Å². The molecule has 0 atom stereocenters. The Bertz CT molecular complexity index is 634. The summed E-state index contributed by atoms with van der Waals surface area (Å²) in [6.45, 7) is 0. The Hall–Kier alpha value is -2.31. The van der Waals surface area contributed by atoms with Crippen molar-refractivity contribution in [2.75, 3.05) is 19.4 Å². The molecule has 0 bridgehead atoms. The second-order valence-corrected chi connectivity index (χ2v) is 4.93. The van der Waals surface area contributed by atoms with Gasteiger partial charge in [-0.1, -0.05) is 0 Å². The van der Waals surface area contributed by atoms with Gasteiger partial charge in [0.25, 0.3) is 0 Å². The Morgan fingerprint density at radius 1 is 1.24 bits per heavy atom. The Morgan fingerprint density at radius 2 is 1.90 bits per heavy atom. The van der Waals surface area contributed by atoms with Crippen LogP contribution in [0.3, 0.4) is 0 Å². The van der Waals surface area contributed by atoms with Crippen LogP contribution in [0.15, 0.2) is 30.0 Å². The average molecular weight is 298 g/mol. The molecule has 21 heavy (non-hydrogen) atoms. The van der Waals surface area contributed by atoms with E-state index in [-0.39, 0.29) is 23.2 Å². The van der Waals surface area contributed by atoms with Crippen molar-refractivity contribution in [3.8, 4) is 0 Å². The molecule has 1 aliphatic heterocycles. The first-order chi connectivity index (χ1) is 9.68. The molecule has 0 unspecified atom stereocenters. The van der Waals surface area contributed by atoms with E-state index in [0.717, 1.165) is 18.2 Å². The van der Waals surface area contributed by atoms with E-state index in [1.807, 2.05) is 0 Å².